The molecule has 0 bridgehead atoms. The highest BCUT2D eigenvalue weighted by Gasteiger charge is 2.21. The zero-order valence-corrected chi connectivity index (χ0v) is 9.61. The fraction of sp³-hybridized carbons (Fsp3) is 0.300. The Labute approximate surface area is 98.0 Å². The van der Waals surface area contributed by atoms with E-state index in [1.165, 1.54) is 0 Å². The van der Waals surface area contributed by atoms with Gasteiger partial charge in [0, 0.05) is 18.4 Å². The van der Waals surface area contributed by atoms with Crippen molar-refractivity contribution >= 4 is 40.6 Å². The molecule has 0 saturated heterocycles. The van der Waals surface area contributed by atoms with E-state index in [9.17, 15) is 4.79 Å². The molecule has 0 aliphatic rings. The van der Waals surface area contributed by atoms with Gasteiger partial charge in [-0.25, -0.2) is 0 Å². The molecule has 0 aliphatic heterocycles. The van der Waals surface area contributed by atoms with Gasteiger partial charge >= 0.3 is 0 Å². The number of hydrogen-bond donors (Lipinski definition) is 0. The predicted molar refractivity (Wildman–Crippen MR) is 60.3 cm³/mol. The second kappa shape index (κ2) is 5.01. The van der Waals surface area contributed by atoms with Gasteiger partial charge < -0.3 is 0 Å². The topological polar surface area (TPSA) is 17.1 Å². The Morgan fingerprint density at radius 2 is 1.71 bits per heavy atom. The molecule has 0 aliphatic carbocycles. The number of Topliss-reactive ketones (excluding diaryl/α,β-unsaturated/α-hetero) is 1. The molecule has 76 valence electrons. The molecule has 4 heteroatoms. The Kier molecular flexibility index (Phi) is 4.24. The monoisotopic (exact) mass is 250 g/mol. The van der Waals surface area contributed by atoms with Crippen LogP contribution in [0.15, 0.2) is 30.3 Å². The molecular formula is C10H9Cl3O. The van der Waals surface area contributed by atoms with Crippen molar-refractivity contribution in [3.05, 3.63) is 35.9 Å². The van der Waals surface area contributed by atoms with Crippen molar-refractivity contribution in [2.45, 2.75) is 16.6 Å². The molecule has 0 N–H and O–H groups in total. The molecule has 0 heterocycles. The quantitative estimate of drug-likeness (QED) is 0.586. The maximum atomic E-state index is 11.5. The third-order valence-corrected chi connectivity index (χ3v) is 2.30. The molecular weight excluding hydrogens is 242 g/mol. The first kappa shape index (κ1) is 11.8. The summed E-state index contributed by atoms with van der Waals surface area (Å²) >= 11 is 16.6. The summed E-state index contributed by atoms with van der Waals surface area (Å²) in [4.78, 5) is 11.5. The van der Waals surface area contributed by atoms with Crippen molar-refractivity contribution in [3.8, 4) is 0 Å². The van der Waals surface area contributed by atoms with Gasteiger partial charge in [0.1, 0.15) is 0 Å². The van der Waals surface area contributed by atoms with Crippen molar-refractivity contribution in [2.75, 3.05) is 0 Å². The van der Waals surface area contributed by atoms with Crippen molar-refractivity contribution in [3.63, 3.8) is 0 Å². The Bertz CT molecular complexity index is 303. The van der Waals surface area contributed by atoms with Crippen LogP contribution in [0.3, 0.4) is 0 Å². The van der Waals surface area contributed by atoms with Crippen LogP contribution in [0.25, 0.3) is 0 Å². The molecule has 1 aromatic rings. The number of halogens is 3. The Morgan fingerprint density at radius 3 is 2.21 bits per heavy atom. The van der Waals surface area contributed by atoms with Crippen molar-refractivity contribution < 1.29 is 4.79 Å². The van der Waals surface area contributed by atoms with Gasteiger partial charge in [-0.3, -0.25) is 4.79 Å². The zero-order chi connectivity index (χ0) is 10.6. The molecule has 0 unspecified atom stereocenters. The second-order valence-electron chi connectivity index (χ2n) is 2.90. The van der Waals surface area contributed by atoms with Crippen molar-refractivity contribution in [1.29, 1.82) is 0 Å². The van der Waals surface area contributed by atoms with Crippen LogP contribution in [0.2, 0.25) is 0 Å². The molecule has 0 amide bonds. The van der Waals surface area contributed by atoms with E-state index in [2.05, 4.69) is 0 Å². The molecule has 0 radical (unpaired) electrons. The lowest BCUT2D eigenvalue weighted by molar-refractivity contribution is 0.0980. The van der Waals surface area contributed by atoms with Gasteiger partial charge in [0.25, 0.3) is 0 Å². The van der Waals surface area contributed by atoms with Crippen LogP contribution in [0.1, 0.15) is 23.2 Å². The lowest BCUT2D eigenvalue weighted by atomic mass is 10.1. The Morgan fingerprint density at radius 1 is 1.14 bits per heavy atom. The van der Waals surface area contributed by atoms with Crippen LogP contribution in [0, 0.1) is 0 Å². The summed E-state index contributed by atoms with van der Waals surface area (Å²) in [6.07, 6.45) is 0.492. The summed E-state index contributed by atoms with van der Waals surface area (Å²) in [6, 6.07) is 8.97. The summed E-state index contributed by atoms with van der Waals surface area (Å²) in [7, 11) is 0. The van der Waals surface area contributed by atoms with Crippen molar-refractivity contribution in [1.82, 2.24) is 0 Å². The number of carbonyl (C=O) groups is 1. The summed E-state index contributed by atoms with van der Waals surface area (Å²) in [5, 5.41) is 0. The summed E-state index contributed by atoms with van der Waals surface area (Å²) in [5.74, 6) is -0.00285. The SMILES string of the molecule is O=C(CCC(Cl)(Cl)Cl)c1ccccc1. The van der Waals surface area contributed by atoms with Gasteiger partial charge in [-0.1, -0.05) is 65.1 Å². The zero-order valence-electron chi connectivity index (χ0n) is 7.34. The number of ketones is 1. The summed E-state index contributed by atoms with van der Waals surface area (Å²) in [6.45, 7) is 0. The number of rotatable bonds is 3. The van der Waals surface area contributed by atoms with E-state index in [4.69, 9.17) is 34.8 Å². The first-order valence-corrected chi connectivity index (χ1v) is 5.27. The minimum Gasteiger partial charge on any atom is -0.294 e. The smallest absolute Gasteiger partial charge is 0.191 e. The van der Waals surface area contributed by atoms with Crippen LogP contribution in [-0.4, -0.2) is 9.58 Å². The summed E-state index contributed by atoms with van der Waals surface area (Å²) in [5.41, 5.74) is 0.654. The third-order valence-electron chi connectivity index (χ3n) is 1.73. The standard InChI is InChI=1S/C10H9Cl3O/c11-10(12,13)7-6-9(14)8-4-2-1-3-5-8/h1-5H,6-7H2. The van der Waals surface area contributed by atoms with E-state index >= 15 is 0 Å². The van der Waals surface area contributed by atoms with Gasteiger partial charge in [0.2, 0.25) is 0 Å². The normalized spacial score (nSPS) is 11.4. The van der Waals surface area contributed by atoms with Crippen LogP contribution in [0.4, 0.5) is 0 Å². The molecule has 1 aromatic carbocycles. The van der Waals surface area contributed by atoms with Gasteiger partial charge in [-0.05, 0) is 0 Å². The predicted octanol–water partition coefficient (Wildman–Crippen LogP) is 4.02. The highest BCUT2D eigenvalue weighted by molar-refractivity contribution is 6.67. The Balaban J connectivity index is 2.52. The highest BCUT2D eigenvalue weighted by Crippen LogP contribution is 2.31. The fourth-order valence-electron chi connectivity index (χ4n) is 1.02. The Hall–Kier alpha value is -0.240. The fourth-order valence-corrected chi connectivity index (χ4v) is 1.31. The molecule has 1 nitrogen and oxygen atoms in total. The minimum absolute atomic E-state index is 0.00285. The average Bonchev–Trinajstić information content (AvgIpc) is 2.14. The molecule has 0 fully saturated rings. The van der Waals surface area contributed by atoms with Crippen LogP contribution < -0.4 is 0 Å². The molecule has 14 heavy (non-hydrogen) atoms. The first-order chi connectivity index (χ1) is 6.49. The molecule has 0 saturated carbocycles. The van der Waals surface area contributed by atoms with Gasteiger partial charge in [-0.15, -0.1) is 0 Å². The number of carbonyl (C=O) groups excluding carboxylic acids is 1. The molecule has 0 atom stereocenters. The van der Waals surface area contributed by atoms with Crippen LogP contribution in [-0.2, 0) is 0 Å². The minimum atomic E-state index is -1.34. The van der Waals surface area contributed by atoms with E-state index in [-0.39, 0.29) is 18.6 Å². The van der Waals surface area contributed by atoms with Gasteiger partial charge in [0.15, 0.2) is 9.58 Å². The van der Waals surface area contributed by atoms with Crippen LogP contribution >= 0.6 is 34.8 Å². The first-order valence-electron chi connectivity index (χ1n) is 4.14. The van der Waals surface area contributed by atoms with E-state index in [1.54, 1.807) is 12.1 Å². The van der Waals surface area contributed by atoms with E-state index in [1.807, 2.05) is 18.2 Å². The average molecular weight is 252 g/mol. The van der Waals surface area contributed by atoms with Gasteiger partial charge in [-0.2, -0.15) is 0 Å². The number of hydrogen-bond acceptors (Lipinski definition) is 1. The van der Waals surface area contributed by atoms with Crippen LogP contribution in [0.5, 0.6) is 0 Å². The lowest BCUT2D eigenvalue weighted by Gasteiger charge is -2.09. The largest absolute Gasteiger partial charge is 0.294 e. The molecule has 0 spiro atoms. The number of alkyl halides is 3. The molecule has 0 aromatic heterocycles. The van der Waals surface area contributed by atoms with E-state index < -0.39 is 3.79 Å². The van der Waals surface area contributed by atoms with E-state index in [0.29, 0.717) is 5.56 Å². The second-order valence-corrected chi connectivity index (χ2v) is 5.42. The van der Waals surface area contributed by atoms with E-state index in [0.717, 1.165) is 0 Å². The van der Waals surface area contributed by atoms with Crippen molar-refractivity contribution in [2.24, 2.45) is 0 Å². The molecule has 1 rings (SSSR count). The summed E-state index contributed by atoms with van der Waals surface area (Å²) < 4.78 is -1.34. The van der Waals surface area contributed by atoms with Gasteiger partial charge in [0.05, 0.1) is 0 Å². The maximum absolute atomic E-state index is 11.5. The number of benzene rings is 1. The third kappa shape index (κ3) is 4.32. The maximum Gasteiger partial charge on any atom is 0.191 e. The lowest BCUT2D eigenvalue weighted by Crippen LogP contribution is -2.07. The highest BCUT2D eigenvalue weighted by atomic mass is 35.6.